The molecular formula is C18H27Cl2N3O. The average Bonchev–Trinajstić information content (AvgIpc) is 2.81. The monoisotopic (exact) mass is 371 g/mol. The molecule has 0 spiro atoms. The maximum Gasteiger partial charge on any atom is 0.253 e. The Bertz CT molecular complexity index is 535. The first-order chi connectivity index (χ1) is 11.2. The van der Waals surface area contributed by atoms with Gasteiger partial charge in [0.05, 0.1) is 0 Å². The lowest BCUT2D eigenvalue weighted by atomic mass is 9.97. The maximum absolute atomic E-state index is 12.6. The standard InChI is InChI=1S/C18H26ClN3O.ClH/c19-17-4-1-3-16(13-17)18(23)22-10-2-9-21(11-12-22)14-15-5-7-20-8-6-15;/h1,3-4,13,15,20H,2,5-12,14H2;1H. The first kappa shape index (κ1) is 19.5. The Kier molecular flexibility index (Phi) is 7.82. The van der Waals surface area contributed by atoms with E-state index >= 15 is 0 Å². The minimum absolute atomic E-state index is 0. The zero-order valence-electron chi connectivity index (χ0n) is 14.0. The van der Waals surface area contributed by atoms with E-state index in [0.717, 1.165) is 51.6 Å². The van der Waals surface area contributed by atoms with Crippen molar-refractivity contribution in [2.24, 2.45) is 5.92 Å². The van der Waals surface area contributed by atoms with Crippen LogP contribution in [0.3, 0.4) is 0 Å². The van der Waals surface area contributed by atoms with Crippen molar-refractivity contribution in [1.82, 2.24) is 15.1 Å². The van der Waals surface area contributed by atoms with E-state index in [1.165, 1.54) is 19.4 Å². The number of hydrogen-bond donors (Lipinski definition) is 1. The van der Waals surface area contributed by atoms with E-state index in [1.807, 2.05) is 23.1 Å². The van der Waals surface area contributed by atoms with Crippen LogP contribution >= 0.6 is 24.0 Å². The molecule has 0 unspecified atom stereocenters. The molecule has 24 heavy (non-hydrogen) atoms. The van der Waals surface area contributed by atoms with Crippen LogP contribution in [0.4, 0.5) is 0 Å². The number of piperidine rings is 1. The Hall–Kier alpha value is -0.810. The summed E-state index contributed by atoms with van der Waals surface area (Å²) in [6.07, 6.45) is 3.61. The predicted octanol–water partition coefficient (Wildman–Crippen LogP) is 2.91. The van der Waals surface area contributed by atoms with Crippen LogP contribution in [0.1, 0.15) is 29.6 Å². The number of nitrogens with zero attached hydrogens (tertiary/aromatic N) is 2. The highest BCUT2D eigenvalue weighted by Gasteiger charge is 2.22. The molecule has 4 nitrogen and oxygen atoms in total. The molecule has 0 aromatic heterocycles. The fraction of sp³-hybridized carbons (Fsp3) is 0.611. The smallest absolute Gasteiger partial charge is 0.253 e. The van der Waals surface area contributed by atoms with Gasteiger partial charge in [0, 0.05) is 36.8 Å². The molecule has 2 aliphatic heterocycles. The van der Waals surface area contributed by atoms with Gasteiger partial charge in [-0.1, -0.05) is 17.7 Å². The van der Waals surface area contributed by atoms with Crippen molar-refractivity contribution >= 4 is 29.9 Å². The molecule has 1 amide bonds. The fourth-order valence-electron chi connectivity index (χ4n) is 3.59. The van der Waals surface area contributed by atoms with Crippen LogP contribution in [0.5, 0.6) is 0 Å². The lowest BCUT2D eigenvalue weighted by Gasteiger charge is -2.29. The molecule has 2 saturated heterocycles. The van der Waals surface area contributed by atoms with E-state index < -0.39 is 0 Å². The Morgan fingerprint density at radius 2 is 1.96 bits per heavy atom. The van der Waals surface area contributed by atoms with Gasteiger partial charge in [-0.25, -0.2) is 0 Å². The van der Waals surface area contributed by atoms with Crippen molar-refractivity contribution in [3.63, 3.8) is 0 Å². The predicted molar refractivity (Wildman–Crippen MR) is 101 cm³/mol. The quantitative estimate of drug-likeness (QED) is 0.886. The van der Waals surface area contributed by atoms with Gasteiger partial charge in [0.1, 0.15) is 0 Å². The van der Waals surface area contributed by atoms with Crippen molar-refractivity contribution in [2.75, 3.05) is 45.8 Å². The Morgan fingerprint density at radius 1 is 1.17 bits per heavy atom. The molecule has 0 saturated carbocycles. The number of halogens is 2. The lowest BCUT2D eigenvalue weighted by molar-refractivity contribution is 0.0760. The molecule has 2 fully saturated rings. The van der Waals surface area contributed by atoms with E-state index in [1.54, 1.807) is 6.07 Å². The van der Waals surface area contributed by atoms with E-state index in [2.05, 4.69) is 10.2 Å². The Balaban J connectivity index is 0.00000208. The normalized spacial score (nSPS) is 20.3. The van der Waals surface area contributed by atoms with Crippen LogP contribution in [0.15, 0.2) is 24.3 Å². The third-order valence-electron chi connectivity index (χ3n) is 4.92. The molecule has 0 atom stereocenters. The highest BCUT2D eigenvalue weighted by atomic mass is 35.5. The molecule has 2 heterocycles. The summed E-state index contributed by atoms with van der Waals surface area (Å²) < 4.78 is 0. The van der Waals surface area contributed by atoms with Gasteiger partial charge in [-0.05, 0) is 63.0 Å². The number of benzene rings is 1. The van der Waals surface area contributed by atoms with Gasteiger partial charge in [-0.2, -0.15) is 0 Å². The zero-order chi connectivity index (χ0) is 16.1. The second kappa shape index (κ2) is 9.62. The van der Waals surface area contributed by atoms with Crippen molar-refractivity contribution in [1.29, 1.82) is 0 Å². The van der Waals surface area contributed by atoms with Crippen molar-refractivity contribution in [3.8, 4) is 0 Å². The summed E-state index contributed by atoms with van der Waals surface area (Å²) in [7, 11) is 0. The van der Waals surface area contributed by atoms with Crippen LogP contribution in [0.25, 0.3) is 0 Å². The number of hydrogen-bond acceptors (Lipinski definition) is 3. The molecule has 0 bridgehead atoms. The molecule has 134 valence electrons. The molecule has 1 N–H and O–H groups in total. The third-order valence-corrected chi connectivity index (χ3v) is 5.16. The summed E-state index contributed by atoms with van der Waals surface area (Å²) in [5.41, 5.74) is 0.698. The van der Waals surface area contributed by atoms with Gasteiger partial charge >= 0.3 is 0 Å². The van der Waals surface area contributed by atoms with E-state index in [-0.39, 0.29) is 18.3 Å². The molecule has 0 aliphatic carbocycles. The third kappa shape index (κ3) is 5.35. The summed E-state index contributed by atoms with van der Waals surface area (Å²) in [6.45, 7) is 7.22. The molecule has 0 radical (unpaired) electrons. The number of rotatable bonds is 3. The molecule has 6 heteroatoms. The summed E-state index contributed by atoms with van der Waals surface area (Å²) in [5, 5.41) is 4.05. The van der Waals surface area contributed by atoms with Gasteiger partial charge in [0.15, 0.2) is 0 Å². The number of amides is 1. The maximum atomic E-state index is 12.6. The van der Waals surface area contributed by atoms with Gasteiger partial charge in [0.2, 0.25) is 0 Å². The summed E-state index contributed by atoms with van der Waals surface area (Å²) >= 11 is 6.01. The second-order valence-electron chi connectivity index (χ2n) is 6.65. The zero-order valence-corrected chi connectivity index (χ0v) is 15.6. The minimum atomic E-state index is 0. The SMILES string of the molecule is Cl.O=C(c1cccc(Cl)c1)N1CCCN(CC2CCNCC2)CC1. The van der Waals surface area contributed by atoms with E-state index in [9.17, 15) is 4.79 Å². The fourth-order valence-corrected chi connectivity index (χ4v) is 3.78. The Labute approximate surface area is 155 Å². The van der Waals surface area contributed by atoms with Crippen LogP contribution in [-0.4, -0.2) is 61.5 Å². The highest BCUT2D eigenvalue weighted by Crippen LogP contribution is 2.17. The Morgan fingerprint density at radius 3 is 2.71 bits per heavy atom. The van der Waals surface area contributed by atoms with Gasteiger partial charge < -0.3 is 15.1 Å². The number of carbonyl (C=O) groups excluding carboxylic acids is 1. The van der Waals surface area contributed by atoms with Crippen molar-refractivity contribution < 1.29 is 4.79 Å². The molecular weight excluding hydrogens is 345 g/mol. The first-order valence-electron chi connectivity index (χ1n) is 8.70. The molecule has 1 aromatic carbocycles. The number of carbonyl (C=O) groups is 1. The first-order valence-corrected chi connectivity index (χ1v) is 9.08. The second-order valence-corrected chi connectivity index (χ2v) is 7.09. The average molecular weight is 372 g/mol. The summed E-state index contributed by atoms with van der Waals surface area (Å²) in [5.74, 6) is 0.919. The topological polar surface area (TPSA) is 35.6 Å². The summed E-state index contributed by atoms with van der Waals surface area (Å²) in [6, 6.07) is 7.27. The van der Waals surface area contributed by atoms with Crippen molar-refractivity contribution in [2.45, 2.75) is 19.3 Å². The van der Waals surface area contributed by atoms with Gasteiger partial charge in [0.25, 0.3) is 5.91 Å². The lowest BCUT2D eigenvalue weighted by Crippen LogP contribution is -2.39. The molecule has 1 aromatic rings. The van der Waals surface area contributed by atoms with Crippen LogP contribution in [0.2, 0.25) is 5.02 Å². The van der Waals surface area contributed by atoms with E-state index in [0.29, 0.717) is 10.6 Å². The van der Waals surface area contributed by atoms with Crippen molar-refractivity contribution in [3.05, 3.63) is 34.9 Å². The van der Waals surface area contributed by atoms with E-state index in [4.69, 9.17) is 11.6 Å². The van der Waals surface area contributed by atoms with Gasteiger partial charge in [-0.15, -0.1) is 12.4 Å². The largest absolute Gasteiger partial charge is 0.337 e. The van der Waals surface area contributed by atoms with Crippen LogP contribution < -0.4 is 5.32 Å². The molecule has 2 aliphatic rings. The van der Waals surface area contributed by atoms with Crippen LogP contribution in [0, 0.1) is 5.92 Å². The number of nitrogens with one attached hydrogen (secondary N) is 1. The minimum Gasteiger partial charge on any atom is -0.337 e. The van der Waals surface area contributed by atoms with Gasteiger partial charge in [-0.3, -0.25) is 4.79 Å². The van der Waals surface area contributed by atoms with Crippen LogP contribution in [-0.2, 0) is 0 Å². The molecule has 3 rings (SSSR count). The summed E-state index contributed by atoms with van der Waals surface area (Å²) in [4.78, 5) is 17.2. The highest BCUT2D eigenvalue weighted by molar-refractivity contribution is 6.30.